The number of hydrogen-bond acceptors (Lipinski definition) is 7. The van der Waals surface area contributed by atoms with E-state index in [1.165, 1.54) is 6.07 Å². The van der Waals surface area contributed by atoms with Crippen molar-refractivity contribution in [2.24, 2.45) is 0 Å². The molecule has 0 spiro atoms. The van der Waals surface area contributed by atoms with Crippen LogP contribution in [0.2, 0.25) is 0 Å². The Labute approximate surface area is 202 Å². The van der Waals surface area contributed by atoms with E-state index in [0.29, 0.717) is 31.5 Å². The maximum absolute atomic E-state index is 13.1. The van der Waals surface area contributed by atoms with Gasteiger partial charge in [-0.3, -0.25) is 34.3 Å². The number of likely N-dealkylation sites (tertiary alicyclic amines) is 1. The molecule has 0 bridgehead atoms. The molecule has 4 amide bonds. The molecule has 3 aliphatic rings. The lowest BCUT2D eigenvalue weighted by molar-refractivity contribution is -0.136. The van der Waals surface area contributed by atoms with Crippen molar-refractivity contribution in [3.63, 3.8) is 0 Å². The van der Waals surface area contributed by atoms with E-state index in [4.69, 9.17) is 0 Å². The molecular weight excluding hydrogens is 450 g/mol. The Morgan fingerprint density at radius 2 is 1.66 bits per heavy atom. The minimum atomic E-state index is -1.19. The second kappa shape index (κ2) is 8.99. The van der Waals surface area contributed by atoms with Gasteiger partial charge in [-0.05, 0) is 42.5 Å². The van der Waals surface area contributed by atoms with Gasteiger partial charge in [-0.2, -0.15) is 0 Å². The summed E-state index contributed by atoms with van der Waals surface area (Å²) in [6.07, 6.45) is 0.946. The van der Waals surface area contributed by atoms with Gasteiger partial charge in [0, 0.05) is 19.5 Å². The number of benzene rings is 2. The zero-order valence-corrected chi connectivity index (χ0v) is 19.1. The summed E-state index contributed by atoms with van der Waals surface area (Å²) in [5.41, 5.74) is 0.714. The van der Waals surface area contributed by atoms with Crippen LogP contribution in [0.3, 0.4) is 0 Å². The number of amides is 4. The smallest absolute Gasteiger partial charge is 0.262 e. The molecule has 2 atom stereocenters. The lowest BCUT2D eigenvalue weighted by Gasteiger charge is -2.41. The van der Waals surface area contributed by atoms with Gasteiger partial charge in [0.1, 0.15) is 6.04 Å². The number of hydrogen-bond donors (Lipinski definition) is 3. The molecule has 9 heteroatoms. The molecule has 0 aromatic heterocycles. The number of rotatable bonds is 5. The van der Waals surface area contributed by atoms with Gasteiger partial charge >= 0.3 is 0 Å². The number of carbonyl (C=O) groups excluding carboxylic acids is 4. The van der Waals surface area contributed by atoms with Crippen molar-refractivity contribution in [1.82, 2.24) is 15.1 Å². The van der Waals surface area contributed by atoms with E-state index >= 15 is 0 Å². The number of fused-ring (bicyclic) bond motifs is 1. The van der Waals surface area contributed by atoms with Crippen LogP contribution in [-0.2, 0) is 15.2 Å². The average molecular weight is 478 g/mol. The summed E-state index contributed by atoms with van der Waals surface area (Å²) in [5, 5.41) is 23.6. The molecule has 0 aliphatic carbocycles. The van der Waals surface area contributed by atoms with Gasteiger partial charge in [0.05, 0.1) is 29.4 Å². The fourth-order valence-corrected chi connectivity index (χ4v) is 5.36. The van der Waals surface area contributed by atoms with Gasteiger partial charge in [-0.25, -0.2) is 0 Å². The first kappa shape index (κ1) is 23.3. The maximum Gasteiger partial charge on any atom is 0.262 e. The summed E-state index contributed by atoms with van der Waals surface area (Å²) < 4.78 is 0. The zero-order chi connectivity index (χ0) is 24.7. The quantitative estimate of drug-likeness (QED) is 0.551. The number of imide groups is 2. The molecular formula is C26H27N3O6. The van der Waals surface area contributed by atoms with E-state index in [1.54, 1.807) is 12.1 Å². The van der Waals surface area contributed by atoms with Gasteiger partial charge in [0.2, 0.25) is 11.8 Å². The topological polar surface area (TPSA) is 127 Å². The van der Waals surface area contributed by atoms with Crippen LogP contribution in [0.1, 0.15) is 63.6 Å². The number of aliphatic hydroxyl groups excluding tert-OH is 1. The number of nitrogens with one attached hydrogen (secondary N) is 1. The predicted molar refractivity (Wildman–Crippen MR) is 124 cm³/mol. The molecule has 3 N–H and O–H groups in total. The van der Waals surface area contributed by atoms with Crippen molar-refractivity contribution in [1.29, 1.82) is 0 Å². The molecule has 9 nitrogen and oxygen atoms in total. The Morgan fingerprint density at radius 1 is 0.971 bits per heavy atom. The van der Waals surface area contributed by atoms with Crippen molar-refractivity contribution in [3.8, 4) is 0 Å². The zero-order valence-electron chi connectivity index (χ0n) is 19.1. The Hall–Kier alpha value is -3.40. The van der Waals surface area contributed by atoms with Gasteiger partial charge in [-0.1, -0.05) is 36.4 Å². The highest BCUT2D eigenvalue weighted by molar-refractivity contribution is 6.23. The monoisotopic (exact) mass is 477 g/mol. The summed E-state index contributed by atoms with van der Waals surface area (Å²) >= 11 is 0. The van der Waals surface area contributed by atoms with Crippen LogP contribution in [0, 0.1) is 0 Å². The fourth-order valence-electron chi connectivity index (χ4n) is 5.36. The molecule has 2 aromatic rings. The van der Waals surface area contributed by atoms with Crippen molar-refractivity contribution in [2.45, 2.75) is 43.4 Å². The fraction of sp³-hybridized carbons (Fsp3) is 0.385. The Balaban J connectivity index is 1.34. The van der Waals surface area contributed by atoms with E-state index in [2.05, 4.69) is 10.2 Å². The summed E-state index contributed by atoms with van der Waals surface area (Å²) in [7, 11) is 0. The molecule has 5 rings (SSSR count). The standard InChI is InChI=1S/C26H27N3O6/c30-15-21(16-4-2-1-3-5-16)28-12-10-26(35,11-13-28)17-6-7-18-19(14-17)25(34)29(24(18)33)20-8-9-22(31)27-23(20)32/h1-7,14,20-21,30,35H,8-13,15H2,(H,27,31,32). The van der Waals surface area contributed by atoms with Gasteiger partial charge in [-0.15, -0.1) is 0 Å². The third-order valence-corrected chi connectivity index (χ3v) is 7.40. The molecule has 0 radical (unpaired) electrons. The largest absolute Gasteiger partial charge is 0.394 e. The number of nitrogens with zero attached hydrogens (tertiary/aromatic N) is 2. The van der Waals surface area contributed by atoms with Gasteiger partial charge in [0.25, 0.3) is 11.8 Å². The molecule has 2 fully saturated rings. The minimum Gasteiger partial charge on any atom is -0.394 e. The summed E-state index contributed by atoms with van der Waals surface area (Å²) in [4.78, 5) is 52.9. The average Bonchev–Trinajstić information content (AvgIpc) is 3.11. The highest BCUT2D eigenvalue weighted by atomic mass is 16.3. The van der Waals surface area contributed by atoms with Crippen molar-refractivity contribution in [2.75, 3.05) is 19.7 Å². The third-order valence-electron chi connectivity index (χ3n) is 7.40. The highest BCUT2D eigenvalue weighted by Gasteiger charge is 2.45. The molecule has 182 valence electrons. The van der Waals surface area contributed by atoms with Crippen LogP contribution in [-0.4, -0.2) is 69.4 Å². The molecule has 0 saturated carbocycles. The van der Waals surface area contributed by atoms with Crippen LogP contribution >= 0.6 is 0 Å². The van der Waals surface area contributed by atoms with E-state index in [0.717, 1.165) is 10.5 Å². The summed E-state index contributed by atoms with van der Waals surface area (Å²) in [6, 6.07) is 13.3. The molecule has 2 unspecified atom stereocenters. The lowest BCUT2D eigenvalue weighted by atomic mass is 9.82. The van der Waals surface area contributed by atoms with Crippen molar-refractivity contribution < 1.29 is 29.4 Å². The second-order valence-electron chi connectivity index (χ2n) is 9.38. The summed E-state index contributed by atoms with van der Waals surface area (Å²) in [5.74, 6) is -2.23. The summed E-state index contributed by atoms with van der Waals surface area (Å²) in [6.45, 7) is 1.06. The van der Waals surface area contributed by atoms with Crippen LogP contribution < -0.4 is 5.32 Å². The van der Waals surface area contributed by atoms with E-state index in [9.17, 15) is 29.4 Å². The van der Waals surface area contributed by atoms with E-state index in [1.807, 2.05) is 30.3 Å². The minimum absolute atomic E-state index is 0.0337. The first-order valence-electron chi connectivity index (χ1n) is 11.8. The molecule has 35 heavy (non-hydrogen) atoms. The Kier molecular flexibility index (Phi) is 6.00. The molecule has 2 saturated heterocycles. The maximum atomic E-state index is 13.1. The number of aliphatic hydroxyl groups is 2. The highest BCUT2D eigenvalue weighted by Crippen LogP contribution is 2.38. The lowest BCUT2D eigenvalue weighted by Crippen LogP contribution is -2.54. The Morgan fingerprint density at radius 3 is 2.31 bits per heavy atom. The second-order valence-corrected chi connectivity index (χ2v) is 9.38. The predicted octanol–water partition coefficient (Wildman–Crippen LogP) is 1.10. The normalized spacial score (nSPS) is 23.3. The van der Waals surface area contributed by atoms with Crippen LogP contribution in [0.25, 0.3) is 0 Å². The van der Waals surface area contributed by atoms with E-state index < -0.39 is 35.3 Å². The Bertz CT molecular complexity index is 1190. The molecule has 2 aromatic carbocycles. The van der Waals surface area contributed by atoms with E-state index in [-0.39, 0.29) is 36.6 Å². The first-order valence-corrected chi connectivity index (χ1v) is 11.8. The van der Waals surface area contributed by atoms with Crippen molar-refractivity contribution >= 4 is 23.6 Å². The van der Waals surface area contributed by atoms with Crippen molar-refractivity contribution in [3.05, 3.63) is 70.8 Å². The number of piperidine rings is 2. The van der Waals surface area contributed by atoms with Gasteiger partial charge < -0.3 is 10.2 Å². The SMILES string of the molecule is O=C1CCC(N2C(=O)c3ccc(C4(O)CCN(C(CO)c5ccccc5)CC4)cc3C2=O)C(=O)N1. The first-order chi connectivity index (χ1) is 16.8. The number of carbonyl (C=O) groups is 4. The van der Waals surface area contributed by atoms with Crippen LogP contribution in [0.4, 0.5) is 0 Å². The molecule has 3 heterocycles. The van der Waals surface area contributed by atoms with Crippen LogP contribution in [0.15, 0.2) is 48.5 Å². The van der Waals surface area contributed by atoms with Crippen LogP contribution in [0.5, 0.6) is 0 Å². The van der Waals surface area contributed by atoms with Gasteiger partial charge in [0.15, 0.2) is 0 Å². The third kappa shape index (κ3) is 4.05. The molecule has 3 aliphatic heterocycles.